The zero-order valence-corrected chi connectivity index (χ0v) is 11.7. The zero-order chi connectivity index (χ0) is 12.3. The smallest absolute Gasteiger partial charge is 0.0345 e. The van der Waals surface area contributed by atoms with Crippen LogP contribution in [0.25, 0.3) is 0 Å². The highest BCUT2D eigenvalue weighted by Gasteiger charge is 2.23. The van der Waals surface area contributed by atoms with E-state index in [1.54, 1.807) is 0 Å². The lowest BCUT2D eigenvalue weighted by atomic mass is 10.0. The van der Waals surface area contributed by atoms with Crippen molar-refractivity contribution in [2.75, 3.05) is 60.4 Å². The Morgan fingerprint density at radius 1 is 0.941 bits per heavy atom. The van der Waals surface area contributed by atoms with Gasteiger partial charge in [-0.05, 0) is 47.1 Å². The summed E-state index contributed by atoms with van der Waals surface area (Å²) in [6.45, 7) is 7.26. The van der Waals surface area contributed by atoms with Gasteiger partial charge in [0.2, 0.25) is 0 Å². The third-order valence-electron chi connectivity index (χ3n) is 4.34. The first-order chi connectivity index (χ1) is 8.15. The van der Waals surface area contributed by atoms with E-state index in [0.717, 1.165) is 12.6 Å². The first kappa shape index (κ1) is 13.3. The fraction of sp³-hybridized carbons (Fsp3) is 1.00. The van der Waals surface area contributed by atoms with Crippen LogP contribution in [0.1, 0.15) is 12.8 Å². The summed E-state index contributed by atoms with van der Waals surface area (Å²) in [5.41, 5.74) is 0. The van der Waals surface area contributed by atoms with E-state index in [2.05, 4.69) is 41.2 Å². The van der Waals surface area contributed by atoms with Gasteiger partial charge in [0.25, 0.3) is 0 Å². The Hall–Kier alpha value is -0.160. The second-order valence-electron chi connectivity index (χ2n) is 5.88. The summed E-state index contributed by atoms with van der Waals surface area (Å²) in [6, 6.07) is 1.43. The number of hydrogen-bond donors (Lipinski definition) is 1. The predicted molar refractivity (Wildman–Crippen MR) is 72.4 cm³/mol. The molecule has 0 aromatic carbocycles. The molecule has 2 saturated heterocycles. The molecule has 0 radical (unpaired) electrons. The lowest BCUT2D eigenvalue weighted by Crippen LogP contribution is -2.55. The molecule has 4 nitrogen and oxygen atoms in total. The van der Waals surface area contributed by atoms with E-state index in [4.69, 9.17) is 0 Å². The van der Waals surface area contributed by atoms with E-state index in [9.17, 15) is 0 Å². The van der Waals surface area contributed by atoms with Crippen molar-refractivity contribution >= 4 is 0 Å². The third-order valence-corrected chi connectivity index (χ3v) is 4.34. The average Bonchev–Trinajstić information content (AvgIpc) is 2.32. The minimum absolute atomic E-state index is 0.688. The number of rotatable bonds is 3. The van der Waals surface area contributed by atoms with Crippen molar-refractivity contribution in [3.63, 3.8) is 0 Å². The molecule has 2 fully saturated rings. The van der Waals surface area contributed by atoms with Gasteiger partial charge < -0.3 is 15.1 Å². The van der Waals surface area contributed by atoms with Crippen LogP contribution in [0, 0.1) is 0 Å². The molecule has 0 spiro atoms. The van der Waals surface area contributed by atoms with Gasteiger partial charge in [-0.15, -0.1) is 0 Å². The Morgan fingerprint density at radius 2 is 1.65 bits per heavy atom. The van der Waals surface area contributed by atoms with Crippen LogP contribution in [-0.4, -0.2) is 87.2 Å². The van der Waals surface area contributed by atoms with E-state index in [1.807, 2.05) is 0 Å². The molecule has 1 unspecified atom stereocenters. The van der Waals surface area contributed by atoms with Crippen LogP contribution >= 0.6 is 0 Å². The molecular weight excluding hydrogens is 212 g/mol. The van der Waals surface area contributed by atoms with Crippen molar-refractivity contribution in [1.82, 2.24) is 20.0 Å². The maximum Gasteiger partial charge on any atom is 0.0345 e. The lowest BCUT2D eigenvalue weighted by Gasteiger charge is -2.39. The zero-order valence-electron chi connectivity index (χ0n) is 11.7. The van der Waals surface area contributed by atoms with Crippen molar-refractivity contribution in [1.29, 1.82) is 0 Å². The summed E-state index contributed by atoms with van der Waals surface area (Å²) in [7, 11) is 6.71. The van der Waals surface area contributed by atoms with Crippen LogP contribution in [0.5, 0.6) is 0 Å². The molecule has 2 aliphatic rings. The number of hydrogen-bond acceptors (Lipinski definition) is 4. The molecule has 0 saturated carbocycles. The largest absolute Gasteiger partial charge is 0.312 e. The maximum atomic E-state index is 3.77. The van der Waals surface area contributed by atoms with Gasteiger partial charge in [-0.3, -0.25) is 4.90 Å². The summed E-state index contributed by atoms with van der Waals surface area (Å²) in [6.07, 6.45) is 2.62. The van der Waals surface area contributed by atoms with Gasteiger partial charge in [-0.2, -0.15) is 0 Å². The van der Waals surface area contributed by atoms with Crippen LogP contribution in [0.3, 0.4) is 0 Å². The second-order valence-corrected chi connectivity index (χ2v) is 5.88. The summed E-state index contributed by atoms with van der Waals surface area (Å²) < 4.78 is 0. The first-order valence-corrected chi connectivity index (χ1v) is 6.96. The van der Waals surface area contributed by atoms with Crippen LogP contribution in [0.4, 0.5) is 0 Å². The molecule has 0 aromatic heterocycles. The second kappa shape index (κ2) is 6.14. The van der Waals surface area contributed by atoms with Crippen molar-refractivity contribution < 1.29 is 0 Å². The molecule has 1 N–H and O–H groups in total. The number of piperidine rings is 1. The van der Waals surface area contributed by atoms with E-state index in [-0.39, 0.29) is 0 Å². The molecule has 0 aromatic rings. The van der Waals surface area contributed by atoms with Crippen molar-refractivity contribution in [2.24, 2.45) is 0 Å². The fourth-order valence-corrected chi connectivity index (χ4v) is 2.84. The molecule has 2 heterocycles. The first-order valence-electron chi connectivity index (χ1n) is 6.96. The Bertz CT molecular complexity index is 225. The highest BCUT2D eigenvalue weighted by atomic mass is 15.3. The van der Waals surface area contributed by atoms with Gasteiger partial charge in [0.1, 0.15) is 0 Å². The number of nitrogens with zero attached hydrogens (tertiary/aromatic N) is 3. The normalized spacial score (nSPS) is 30.9. The summed E-state index contributed by atoms with van der Waals surface area (Å²) in [5, 5.41) is 3.77. The number of likely N-dealkylation sites (tertiary alicyclic amines) is 1. The minimum Gasteiger partial charge on any atom is -0.312 e. The standard InChI is InChI=1S/C13H28N4/c1-15-6-4-12(5-7-15)14-10-13-11-16(2)8-9-17(13)3/h12-14H,4-11H2,1-3H3. The average molecular weight is 240 g/mol. The van der Waals surface area contributed by atoms with Crippen LogP contribution in [0.15, 0.2) is 0 Å². The van der Waals surface area contributed by atoms with Crippen molar-refractivity contribution in [2.45, 2.75) is 24.9 Å². The highest BCUT2D eigenvalue weighted by molar-refractivity contribution is 4.83. The van der Waals surface area contributed by atoms with E-state index in [0.29, 0.717) is 6.04 Å². The van der Waals surface area contributed by atoms with E-state index >= 15 is 0 Å². The molecule has 0 bridgehead atoms. The van der Waals surface area contributed by atoms with Gasteiger partial charge in [-0.1, -0.05) is 0 Å². The van der Waals surface area contributed by atoms with Gasteiger partial charge in [0, 0.05) is 38.3 Å². The summed E-state index contributed by atoms with van der Waals surface area (Å²) >= 11 is 0. The van der Waals surface area contributed by atoms with Crippen molar-refractivity contribution in [3.8, 4) is 0 Å². The molecule has 17 heavy (non-hydrogen) atoms. The molecule has 2 rings (SSSR count). The van der Waals surface area contributed by atoms with Gasteiger partial charge >= 0.3 is 0 Å². The van der Waals surface area contributed by atoms with Gasteiger partial charge in [0.15, 0.2) is 0 Å². The number of nitrogens with one attached hydrogen (secondary N) is 1. The fourth-order valence-electron chi connectivity index (χ4n) is 2.84. The Morgan fingerprint density at radius 3 is 2.35 bits per heavy atom. The Labute approximate surface area is 106 Å². The van der Waals surface area contributed by atoms with Gasteiger partial charge in [0.05, 0.1) is 0 Å². The monoisotopic (exact) mass is 240 g/mol. The molecule has 0 amide bonds. The van der Waals surface area contributed by atoms with Gasteiger partial charge in [-0.25, -0.2) is 0 Å². The van der Waals surface area contributed by atoms with E-state index < -0.39 is 0 Å². The maximum absolute atomic E-state index is 3.77. The molecular formula is C13H28N4. The van der Waals surface area contributed by atoms with Crippen molar-refractivity contribution in [3.05, 3.63) is 0 Å². The van der Waals surface area contributed by atoms with Crippen LogP contribution < -0.4 is 5.32 Å². The molecule has 0 aliphatic carbocycles. The van der Waals surface area contributed by atoms with Crippen LogP contribution in [-0.2, 0) is 0 Å². The molecule has 1 atom stereocenters. The summed E-state index contributed by atoms with van der Waals surface area (Å²) in [4.78, 5) is 7.38. The number of likely N-dealkylation sites (N-methyl/N-ethyl adjacent to an activating group) is 2. The minimum atomic E-state index is 0.688. The Kier molecular flexibility index (Phi) is 4.79. The highest BCUT2D eigenvalue weighted by Crippen LogP contribution is 2.10. The topological polar surface area (TPSA) is 21.8 Å². The summed E-state index contributed by atoms with van der Waals surface area (Å²) in [5.74, 6) is 0. The lowest BCUT2D eigenvalue weighted by molar-refractivity contribution is 0.108. The molecule has 100 valence electrons. The quantitative estimate of drug-likeness (QED) is 0.744. The molecule has 4 heteroatoms. The molecule has 2 aliphatic heterocycles. The van der Waals surface area contributed by atoms with E-state index in [1.165, 1.54) is 45.6 Å². The SMILES string of the molecule is CN1CCC(NCC2CN(C)CCN2C)CC1. The number of piperazine rings is 1. The third kappa shape index (κ3) is 3.91. The predicted octanol–water partition coefficient (Wildman–Crippen LogP) is -0.0840. The Balaban J connectivity index is 1.70. The van der Waals surface area contributed by atoms with Crippen LogP contribution in [0.2, 0.25) is 0 Å².